The van der Waals surface area contributed by atoms with E-state index < -0.39 is 0 Å². The van der Waals surface area contributed by atoms with Crippen molar-refractivity contribution in [1.82, 2.24) is 0 Å². The summed E-state index contributed by atoms with van der Waals surface area (Å²) in [5.41, 5.74) is 8.33. The number of rotatable bonds is 3. The quantitative estimate of drug-likeness (QED) is 0.813. The first-order chi connectivity index (χ1) is 6.95. The summed E-state index contributed by atoms with van der Waals surface area (Å²) in [4.78, 5) is 0. The molecule has 0 aromatic heterocycles. The molecule has 0 amide bonds. The maximum atomic E-state index is 3.11. The maximum Gasteiger partial charge on any atom is 0.0539 e. The molecule has 0 bridgehead atoms. The van der Waals surface area contributed by atoms with Gasteiger partial charge in [-0.1, -0.05) is 36.4 Å². The van der Waals surface area contributed by atoms with E-state index in [1.165, 1.54) is 0 Å². The largest absolute Gasteiger partial charge is 0.301 e. The van der Waals surface area contributed by atoms with E-state index in [2.05, 4.69) is 10.9 Å². The molecule has 0 aliphatic carbocycles. The van der Waals surface area contributed by atoms with E-state index in [1.54, 1.807) is 0 Å². The van der Waals surface area contributed by atoms with E-state index in [4.69, 9.17) is 0 Å². The Kier molecular flexibility index (Phi) is 7.18. The van der Waals surface area contributed by atoms with E-state index in [-0.39, 0.29) is 24.8 Å². The Balaban J connectivity index is 0.00000112. The monoisotopic (exact) mass is 256 g/mol. The lowest BCUT2D eigenvalue weighted by Gasteiger charge is -2.08. The Morgan fingerprint density at radius 3 is 1.12 bits per heavy atom. The minimum absolute atomic E-state index is 0. The average molecular weight is 257 g/mol. The van der Waals surface area contributed by atoms with Gasteiger partial charge >= 0.3 is 0 Å². The van der Waals surface area contributed by atoms with E-state index in [0.717, 1.165) is 11.4 Å². The molecule has 16 heavy (non-hydrogen) atoms. The van der Waals surface area contributed by atoms with E-state index in [9.17, 15) is 0 Å². The zero-order valence-corrected chi connectivity index (χ0v) is 10.2. The molecule has 0 unspecified atom stereocenters. The highest BCUT2D eigenvalue weighted by Crippen LogP contribution is 2.08. The van der Waals surface area contributed by atoms with Crippen molar-refractivity contribution in [2.75, 3.05) is 10.9 Å². The molecule has 0 atom stereocenters. The van der Waals surface area contributed by atoms with Gasteiger partial charge in [0.2, 0.25) is 0 Å². The molecule has 0 saturated heterocycles. The van der Waals surface area contributed by atoms with Gasteiger partial charge in [0.1, 0.15) is 0 Å². The van der Waals surface area contributed by atoms with Gasteiger partial charge in [-0.05, 0) is 24.3 Å². The van der Waals surface area contributed by atoms with Gasteiger partial charge in [0.15, 0.2) is 0 Å². The fourth-order valence-electron chi connectivity index (χ4n) is 1.19. The topological polar surface area (TPSA) is 24.1 Å². The molecule has 2 N–H and O–H groups in total. The summed E-state index contributed by atoms with van der Waals surface area (Å²) in [5.74, 6) is 0. The van der Waals surface area contributed by atoms with Crippen LogP contribution >= 0.6 is 24.8 Å². The normalized spacial score (nSPS) is 8.25. The van der Waals surface area contributed by atoms with Crippen LogP contribution in [-0.2, 0) is 0 Å². The highest BCUT2D eigenvalue weighted by molar-refractivity contribution is 5.85. The number of hydrogen-bond acceptors (Lipinski definition) is 2. The van der Waals surface area contributed by atoms with E-state index in [0.29, 0.717) is 0 Å². The minimum atomic E-state index is 0. The second-order valence-corrected chi connectivity index (χ2v) is 2.98. The third-order valence-electron chi connectivity index (χ3n) is 1.90. The molecule has 0 fully saturated rings. The summed E-state index contributed by atoms with van der Waals surface area (Å²) in [6.45, 7) is 0. The molecular formula is C12H14Cl2N2. The standard InChI is InChI=1S/C12H12N2.2ClH/c1-3-7-11(8-4-1)13-14-12-9-5-2-6-10-12;;/h1-10,13-14H;2*1H. The predicted octanol–water partition coefficient (Wildman–Crippen LogP) is 3.97. The van der Waals surface area contributed by atoms with Crippen LogP contribution < -0.4 is 10.9 Å². The van der Waals surface area contributed by atoms with Crippen molar-refractivity contribution in [3.63, 3.8) is 0 Å². The number of benzene rings is 2. The molecule has 0 aliphatic heterocycles. The van der Waals surface area contributed by atoms with E-state index >= 15 is 0 Å². The Labute approximate surface area is 108 Å². The first-order valence-corrected chi connectivity index (χ1v) is 4.57. The van der Waals surface area contributed by atoms with Crippen LogP contribution in [0, 0.1) is 0 Å². The molecule has 86 valence electrons. The molecular weight excluding hydrogens is 243 g/mol. The number of para-hydroxylation sites is 2. The van der Waals surface area contributed by atoms with Crippen molar-refractivity contribution in [2.24, 2.45) is 0 Å². The number of nitrogens with one attached hydrogen (secondary N) is 2. The fourth-order valence-corrected chi connectivity index (χ4v) is 1.19. The molecule has 0 aliphatic rings. The Bertz CT molecular complexity index is 339. The summed E-state index contributed by atoms with van der Waals surface area (Å²) in [7, 11) is 0. The highest BCUT2D eigenvalue weighted by atomic mass is 35.5. The van der Waals surface area contributed by atoms with Gasteiger partial charge in [0.05, 0.1) is 11.4 Å². The molecule has 2 nitrogen and oxygen atoms in total. The molecule has 0 spiro atoms. The first kappa shape index (κ1) is 14.6. The first-order valence-electron chi connectivity index (χ1n) is 4.57. The molecule has 4 heteroatoms. The maximum absolute atomic E-state index is 3.11. The molecule has 2 aromatic carbocycles. The summed E-state index contributed by atoms with van der Waals surface area (Å²) < 4.78 is 0. The molecule has 0 radical (unpaired) electrons. The van der Waals surface area contributed by atoms with Crippen LogP contribution in [0.1, 0.15) is 0 Å². The van der Waals surface area contributed by atoms with Crippen LogP contribution in [0.15, 0.2) is 60.7 Å². The Morgan fingerprint density at radius 2 is 0.812 bits per heavy atom. The van der Waals surface area contributed by atoms with Crippen LogP contribution in [0.25, 0.3) is 0 Å². The average Bonchev–Trinajstić information content (AvgIpc) is 2.29. The van der Waals surface area contributed by atoms with Crippen molar-refractivity contribution in [3.05, 3.63) is 60.7 Å². The SMILES string of the molecule is Cl.Cl.c1ccc(NNc2ccccc2)cc1. The zero-order valence-electron chi connectivity index (χ0n) is 8.59. The van der Waals surface area contributed by atoms with Crippen LogP contribution in [0.3, 0.4) is 0 Å². The number of hydrogen-bond donors (Lipinski definition) is 2. The number of halogens is 2. The van der Waals surface area contributed by atoms with Crippen molar-refractivity contribution >= 4 is 36.2 Å². The van der Waals surface area contributed by atoms with Gasteiger partial charge in [-0.3, -0.25) is 0 Å². The molecule has 0 saturated carbocycles. The van der Waals surface area contributed by atoms with Crippen molar-refractivity contribution in [1.29, 1.82) is 0 Å². The third kappa shape index (κ3) is 4.43. The summed E-state index contributed by atoms with van der Waals surface area (Å²) in [5, 5.41) is 0. The van der Waals surface area contributed by atoms with Gasteiger partial charge in [0, 0.05) is 0 Å². The number of anilines is 2. The number of hydrazine groups is 1. The molecule has 2 aromatic rings. The smallest absolute Gasteiger partial charge is 0.0539 e. The zero-order chi connectivity index (χ0) is 9.64. The lowest BCUT2D eigenvalue weighted by molar-refractivity contribution is 1.41. The van der Waals surface area contributed by atoms with Gasteiger partial charge in [0.25, 0.3) is 0 Å². The minimum Gasteiger partial charge on any atom is -0.301 e. The van der Waals surface area contributed by atoms with Crippen LogP contribution in [0.4, 0.5) is 11.4 Å². The second kappa shape index (κ2) is 7.85. The lowest BCUT2D eigenvalue weighted by atomic mass is 10.3. The molecule has 2 rings (SSSR count). The lowest BCUT2D eigenvalue weighted by Crippen LogP contribution is -2.07. The van der Waals surface area contributed by atoms with Crippen molar-refractivity contribution in [2.45, 2.75) is 0 Å². The predicted molar refractivity (Wildman–Crippen MR) is 74.6 cm³/mol. The van der Waals surface area contributed by atoms with Gasteiger partial charge in [-0.25, -0.2) is 0 Å². The van der Waals surface area contributed by atoms with E-state index in [1.807, 2.05) is 60.7 Å². The summed E-state index contributed by atoms with van der Waals surface area (Å²) >= 11 is 0. The van der Waals surface area contributed by atoms with Crippen LogP contribution in [0.5, 0.6) is 0 Å². The fraction of sp³-hybridized carbons (Fsp3) is 0. The van der Waals surface area contributed by atoms with Crippen molar-refractivity contribution < 1.29 is 0 Å². The Morgan fingerprint density at radius 1 is 0.500 bits per heavy atom. The summed E-state index contributed by atoms with van der Waals surface area (Å²) in [6, 6.07) is 20.0. The van der Waals surface area contributed by atoms with Crippen LogP contribution in [-0.4, -0.2) is 0 Å². The van der Waals surface area contributed by atoms with Crippen molar-refractivity contribution in [3.8, 4) is 0 Å². The van der Waals surface area contributed by atoms with Crippen LogP contribution in [0.2, 0.25) is 0 Å². The summed E-state index contributed by atoms with van der Waals surface area (Å²) in [6.07, 6.45) is 0. The Hall–Kier alpha value is -1.38. The third-order valence-corrected chi connectivity index (χ3v) is 1.90. The second-order valence-electron chi connectivity index (χ2n) is 2.98. The highest BCUT2D eigenvalue weighted by Gasteiger charge is 1.88. The van der Waals surface area contributed by atoms with Gasteiger partial charge in [-0.2, -0.15) is 0 Å². The molecule has 0 heterocycles. The van der Waals surface area contributed by atoms with Gasteiger partial charge < -0.3 is 10.9 Å². The van der Waals surface area contributed by atoms with Gasteiger partial charge in [-0.15, -0.1) is 24.8 Å².